The summed E-state index contributed by atoms with van der Waals surface area (Å²) in [5, 5.41) is 2.90. The van der Waals surface area contributed by atoms with Crippen molar-refractivity contribution in [2.45, 2.75) is 20.3 Å². The van der Waals surface area contributed by atoms with Crippen LogP contribution in [0.2, 0.25) is 0 Å². The van der Waals surface area contributed by atoms with Gasteiger partial charge in [-0.3, -0.25) is 9.59 Å². The molecule has 2 amide bonds. The van der Waals surface area contributed by atoms with Gasteiger partial charge >= 0.3 is 0 Å². The molecule has 24 heavy (non-hydrogen) atoms. The van der Waals surface area contributed by atoms with Crippen molar-refractivity contribution in [1.82, 2.24) is 0 Å². The third-order valence-electron chi connectivity index (χ3n) is 4.45. The van der Waals surface area contributed by atoms with Crippen LogP contribution in [-0.4, -0.2) is 18.4 Å². The second kappa shape index (κ2) is 6.77. The fourth-order valence-electron chi connectivity index (χ4n) is 2.95. The fraction of sp³-hybridized carbons (Fsp3) is 0.263. The van der Waals surface area contributed by atoms with Crippen LogP contribution in [0.4, 0.5) is 11.4 Å². The van der Waals surface area contributed by atoms with Crippen molar-refractivity contribution in [3.8, 4) is 0 Å². The minimum atomic E-state index is -0.337. The van der Waals surface area contributed by atoms with E-state index in [0.717, 1.165) is 27.0 Å². The molecular formula is C19H19BrN2O2. The van der Waals surface area contributed by atoms with Crippen LogP contribution in [0.1, 0.15) is 17.5 Å². The second-order valence-corrected chi connectivity index (χ2v) is 7.04. The lowest BCUT2D eigenvalue weighted by Gasteiger charge is -2.20. The van der Waals surface area contributed by atoms with E-state index in [0.29, 0.717) is 6.54 Å². The Hall–Kier alpha value is -2.14. The lowest BCUT2D eigenvalue weighted by atomic mass is 10.1. The Morgan fingerprint density at radius 2 is 1.96 bits per heavy atom. The van der Waals surface area contributed by atoms with E-state index in [-0.39, 0.29) is 24.2 Å². The molecule has 0 radical (unpaired) electrons. The van der Waals surface area contributed by atoms with Crippen molar-refractivity contribution in [1.29, 1.82) is 0 Å². The molecule has 1 N–H and O–H groups in total. The molecular weight excluding hydrogens is 368 g/mol. The van der Waals surface area contributed by atoms with Crippen LogP contribution < -0.4 is 10.2 Å². The number of carbonyl (C=O) groups is 2. The van der Waals surface area contributed by atoms with Gasteiger partial charge in [0.1, 0.15) is 0 Å². The molecule has 0 spiro atoms. The Kier molecular flexibility index (Phi) is 4.71. The first-order valence-electron chi connectivity index (χ1n) is 7.88. The van der Waals surface area contributed by atoms with Crippen LogP contribution >= 0.6 is 15.9 Å². The topological polar surface area (TPSA) is 49.4 Å². The molecule has 0 unspecified atom stereocenters. The second-order valence-electron chi connectivity index (χ2n) is 6.12. The first kappa shape index (κ1) is 16.7. The molecule has 0 aromatic heterocycles. The Morgan fingerprint density at radius 1 is 1.21 bits per heavy atom. The van der Waals surface area contributed by atoms with Gasteiger partial charge in [0, 0.05) is 28.8 Å². The summed E-state index contributed by atoms with van der Waals surface area (Å²) in [7, 11) is 0. The van der Waals surface area contributed by atoms with Gasteiger partial charge in [0.05, 0.1) is 5.92 Å². The number of hydrogen-bond donors (Lipinski definition) is 1. The predicted molar refractivity (Wildman–Crippen MR) is 99.1 cm³/mol. The number of benzene rings is 2. The smallest absolute Gasteiger partial charge is 0.229 e. The standard InChI is InChI=1S/C19H19BrN2O2/c1-12-5-3-8-17(13(12)2)22-11-14(9-18(22)23)19(24)21-16-7-4-6-15(20)10-16/h3-8,10,14H,9,11H2,1-2H3,(H,21,24)/t14-/m1/s1. The number of hydrogen-bond acceptors (Lipinski definition) is 2. The molecule has 4 nitrogen and oxygen atoms in total. The Morgan fingerprint density at radius 3 is 2.71 bits per heavy atom. The first-order chi connectivity index (χ1) is 11.5. The minimum absolute atomic E-state index is 0.00177. The molecule has 5 heteroatoms. The number of nitrogens with zero attached hydrogens (tertiary/aromatic N) is 1. The van der Waals surface area contributed by atoms with Gasteiger partial charge in [-0.05, 0) is 49.2 Å². The maximum Gasteiger partial charge on any atom is 0.229 e. The van der Waals surface area contributed by atoms with Gasteiger partial charge in [-0.2, -0.15) is 0 Å². The molecule has 0 saturated carbocycles. The highest BCUT2D eigenvalue weighted by Gasteiger charge is 2.35. The summed E-state index contributed by atoms with van der Waals surface area (Å²) in [6.07, 6.45) is 0.243. The zero-order valence-electron chi connectivity index (χ0n) is 13.7. The summed E-state index contributed by atoms with van der Waals surface area (Å²) in [5.41, 5.74) is 3.85. The van der Waals surface area contributed by atoms with E-state index in [1.807, 2.05) is 56.3 Å². The van der Waals surface area contributed by atoms with Crippen LogP contribution in [0, 0.1) is 19.8 Å². The average Bonchev–Trinajstić information content (AvgIpc) is 2.92. The van der Waals surface area contributed by atoms with E-state index in [1.165, 1.54) is 0 Å². The van der Waals surface area contributed by atoms with Crippen molar-refractivity contribution in [3.05, 3.63) is 58.1 Å². The number of rotatable bonds is 3. The van der Waals surface area contributed by atoms with Gasteiger partial charge in [-0.1, -0.05) is 34.1 Å². The predicted octanol–water partition coefficient (Wildman–Crippen LogP) is 4.06. The highest BCUT2D eigenvalue weighted by Crippen LogP contribution is 2.30. The van der Waals surface area contributed by atoms with Crippen molar-refractivity contribution < 1.29 is 9.59 Å². The quantitative estimate of drug-likeness (QED) is 0.864. The minimum Gasteiger partial charge on any atom is -0.326 e. The summed E-state index contributed by atoms with van der Waals surface area (Å²) in [6.45, 7) is 4.45. The van der Waals surface area contributed by atoms with Crippen molar-refractivity contribution in [3.63, 3.8) is 0 Å². The molecule has 0 aliphatic carbocycles. The molecule has 2 aromatic rings. The van der Waals surface area contributed by atoms with Crippen LogP contribution in [0.25, 0.3) is 0 Å². The van der Waals surface area contributed by atoms with Crippen molar-refractivity contribution in [2.75, 3.05) is 16.8 Å². The Labute approximate surface area is 150 Å². The monoisotopic (exact) mass is 386 g/mol. The maximum atomic E-state index is 12.5. The van der Waals surface area contributed by atoms with E-state index < -0.39 is 0 Å². The van der Waals surface area contributed by atoms with Crippen LogP contribution in [0.3, 0.4) is 0 Å². The van der Waals surface area contributed by atoms with Gasteiger partial charge in [0.2, 0.25) is 11.8 Å². The molecule has 1 atom stereocenters. The highest BCUT2D eigenvalue weighted by molar-refractivity contribution is 9.10. The molecule has 1 aliphatic heterocycles. The van der Waals surface area contributed by atoms with Crippen LogP contribution in [-0.2, 0) is 9.59 Å². The van der Waals surface area contributed by atoms with Gasteiger partial charge in [-0.15, -0.1) is 0 Å². The molecule has 1 heterocycles. The van der Waals surface area contributed by atoms with E-state index in [2.05, 4.69) is 21.2 Å². The first-order valence-corrected chi connectivity index (χ1v) is 8.68. The maximum absolute atomic E-state index is 12.5. The average molecular weight is 387 g/mol. The number of anilines is 2. The summed E-state index contributed by atoms with van der Waals surface area (Å²) < 4.78 is 0.903. The zero-order valence-corrected chi connectivity index (χ0v) is 15.3. The largest absolute Gasteiger partial charge is 0.326 e. The Bertz CT molecular complexity index is 804. The number of aryl methyl sites for hydroxylation is 1. The molecule has 1 fully saturated rings. The Balaban J connectivity index is 1.74. The van der Waals surface area contributed by atoms with Crippen molar-refractivity contribution >= 4 is 39.1 Å². The molecule has 2 aromatic carbocycles. The van der Waals surface area contributed by atoms with Crippen LogP contribution in [0.15, 0.2) is 46.9 Å². The van der Waals surface area contributed by atoms with E-state index in [4.69, 9.17) is 0 Å². The SMILES string of the molecule is Cc1cccc(N2C[C@H](C(=O)Nc3cccc(Br)c3)CC2=O)c1C. The van der Waals surface area contributed by atoms with Gasteiger partial charge < -0.3 is 10.2 Å². The number of carbonyl (C=O) groups excluding carboxylic acids is 2. The van der Waals surface area contributed by atoms with E-state index in [9.17, 15) is 9.59 Å². The van der Waals surface area contributed by atoms with E-state index in [1.54, 1.807) is 4.90 Å². The molecule has 0 bridgehead atoms. The van der Waals surface area contributed by atoms with Crippen molar-refractivity contribution in [2.24, 2.45) is 5.92 Å². The summed E-state index contributed by atoms with van der Waals surface area (Å²) in [4.78, 5) is 26.6. The normalized spacial score (nSPS) is 17.2. The lowest BCUT2D eigenvalue weighted by molar-refractivity contribution is -0.122. The molecule has 3 rings (SSSR count). The highest BCUT2D eigenvalue weighted by atomic mass is 79.9. The number of amides is 2. The molecule has 124 valence electrons. The van der Waals surface area contributed by atoms with Gasteiger partial charge in [0.25, 0.3) is 0 Å². The third-order valence-corrected chi connectivity index (χ3v) is 4.95. The number of halogens is 1. The zero-order chi connectivity index (χ0) is 17.3. The number of nitrogens with one attached hydrogen (secondary N) is 1. The molecule has 1 aliphatic rings. The van der Waals surface area contributed by atoms with E-state index >= 15 is 0 Å². The third kappa shape index (κ3) is 3.36. The fourth-order valence-corrected chi connectivity index (χ4v) is 3.35. The molecule has 1 saturated heterocycles. The van der Waals surface area contributed by atoms with Gasteiger partial charge in [-0.25, -0.2) is 0 Å². The van der Waals surface area contributed by atoms with Gasteiger partial charge in [0.15, 0.2) is 0 Å². The lowest BCUT2D eigenvalue weighted by Crippen LogP contribution is -2.28. The van der Waals surface area contributed by atoms with Crippen LogP contribution in [0.5, 0.6) is 0 Å². The summed E-state index contributed by atoms with van der Waals surface area (Å²) in [6, 6.07) is 13.4. The summed E-state index contributed by atoms with van der Waals surface area (Å²) in [5.74, 6) is -0.455. The summed E-state index contributed by atoms with van der Waals surface area (Å²) >= 11 is 3.39.